The van der Waals surface area contributed by atoms with Gasteiger partial charge in [-0.25, -0.2) is 0 Å². The van der Waals surface area contributed by atoms with Crippen molar-refractivity contribution in [2.75, 3.05) is 0 Å². The van der Waals surface area contributed by atoms with E-state index in [9.17, 15) is 0 Å². The van der Waals surface area contributed by atoms with Gasteiger partial charge in [-0.15, -0.1) is 4.89 Å². The fourth-order valence-corrected chi connectivity index (χ4v) is 1.30. The molecule has 0 saturated heterocycles. The molecule has 0 bridgehead atoms. The Balaban J connectivity index is 2.56. The smallest absolute Gasteiger partial charge is 0.291 e. The van der Waals surface area contributed by atoms with Gasteiger partial charge in [0, 0.05) is 0 Å². The second-order valence-electron chi connectivity index (χ2n) is 2.18. The van der Waals surface area contributed by atoms with Gasteiger partial charge in [-0.2, -0.15) is 0 Å². The number of fused-ring (bicyclic) bond motifs is 1. The number of benzene rings is 1. The van der Waals surface area contributed by atoms with E-state index in [1.807, 2.05) is 12.1 Å². The highest BCUT2D eigenvalue weighted by Crippen LogP contribution is 2.45. The van der Waals surface area contributed by atoms with Crippen LogP contribution in [-0.4, -0.2) is 0 Å². The second kappa shape index (κ2) is 2.27. The van der Waals surface area contributed by atoms with E-state index in [2.05, 4.69) is 4.89 Å². The zero-order valence-electron chi connectivity index (χ0n) is 5.38. The molecular weight excluding hydrogens is 187 g/mol. The van der Waals surface area contributed by atoms with Crippen molar-refractivity contribution in [2.45, 2.75) is 4.52 Å². The minimum Gasteiger partial charge on any atom is -0.334 e. The van der Waals surface area contributed by atoms with Gasteiger partial charge in [-0.3, -0.25) is 0 Å². The SMILES string of the molecule is ClC1(Cl)OOc2ccccc21. The highest BCUT2D eigenvalue weighted by Gasteiger charge is 2.39. The number of para-hydroxylation sites is 1. The molecule has 0 atom stereocenters. The summed E-state index contributed by atoms with van der Waals surface area (Å²) < 4.78 is -1.35. The molecule has 0 N–H and O–H groups in total. The molecule has 1 aromatic carbocycles. The Kier molecular flexibility index (Phi) is 1.49. The van der Waals surface area contributed by atoms with Crippen molar-refractivity contribution < 1.29 is 9.78 Å². The summed E-state index contributed by atoms with van der Waals surface area (Å²) in [4.78, 5) is 9.39. The summed E-state index contributed by atoms with van der Waals surface area (Å²) in [6, 6.07) is 7.12. The lowest BCUT2D eigenvalue weighted by molar-refractivity contribution is -0.215. The van der Waals surface area contributed by atoms with Crippen LogP contribution in [0.1, 0.15) is 5.56 Å². The number of hydrogen-bond acceptors (Lipinski definition) is 2. The molecule has 0 radical (unpaired) electrons. The summed E-state index contributed by atoms with van der Waals surface area (Å²) in [5, 5.41) is 0. The average molecular weight is 191 g/mol. The Bertz CT molecular complexity index is 286. The first kappa shape index (κ1) is 7.22. The first-order valence-corrected chi connectivity index (χ1v) is 3.79. The molecule has 0 saturated carbocycles. The van der Waals surface area contributed by atoms with Gasteiger partial charge < -0.3 is 4.89 Å². The van der Waals surface area contributed by atoms with Crippen LogP contribution in [0.5, 0.6) is 5.75 Å². The van der Waals surface area contributed by atoms with E-state index in [0.29, 0.717) is 11.3 Å². The maximum absolute atomic E-state index is 5.72. The van der Waals surface area contributed by atoms with E-state index in [1.165, 1.54) is 0 Å². The van der Waals surface area contributed by atoms with Crippen LogP contribution < -0.4 is 4.89 Å². The number of alkyl halides is 2. The molecule has 2 rings (SSSR count). The quantitative estimate of drug-likeness (QED) is 0.463. The Morgan fingerprint density at radius 1 is 1.18 bits per heavy atom. The summed E-state index contributed by atoms with van der Waals surface area (Å²) in [6.07, 6.45) is 0. The van der Waals surface area contributed by atoms with Crippen LogP contribution in [0.2, 0.25) is 0 Å². The molecule has 0 fully saturated rings. The van der Waals surface area contributed by atoms with E-state index in [0.717, 1.165) is 0 Å². The molecule has 4 heteroatoms. The van der Waals surface area contributed by atoms with E-state index in [-0.39, 0.29) is 0 Å². The van der Waals surface area contributed by atoms with E-state index >= 15 is 0 Å². The highest BCUT2D eigenvalue weighted by atomic mass is 35.5. The van der Waals surface area contributed by atoms with Gasteiger partial charge >= 0.3 is 0 Å². The topological polar surface area (TPSA) is 18.5 Å². The fraction of sp³-hybridized carbons (Fsp3) is 0.143. The summed E-state index contributed by atoms with van der Waals surface area (Å²) in [6.45, 7) is 0. The minimum absolute atomic E-state index is 0.567. The number of halogens is 2. The Labute approximate surface area is 73.6 Å². The summed E-state index contributed by atoms with van der Waals surface area (Å²) in [5.41, 5.74) is 0.642. The van der Waals surface area contributed by atoms with Gasteiger partial charge in [0.05, 0.1) is 5.56 Å². The van der Waals surface area contributed by atoms with Crippen LogP contribution in [0, 0.1) is 0 Å². The number of rotatable bonds is 0. The molecule has 0 aliphatic carbocycles. The summed E-state index contributed by atoms with van der Waals surface area (Å²) >= 11 is 11.4. The van der Waals surface area contributed by atoms with Crippen LogP contribution in [-0.2, 0) is 9.41 Å². The lowest BCUT2D eigenvalue weighted by atomic mass is 10.2. The van der Waals surface area contributed by atoms with Crippen molar-refractivity contribution in [1.29, 1.82) is 0 Å². The van der Waals surface area contributed by atoms with Crippen molar-refractivity contribution in [3.63, 3.8) is 0 Å². The summed E-state index contributed by atoms with van der Waals surface area (Å²) in [7, 11) is 0. The molecule has 11 heavy (non-hydrogen) atoms. The van der Waals surface area contributed by atoms with Gasteiger partial charge in [-0.05, 0) is 12.1 Å². The predicted octanol–water partition coefficient (Wildman–Crippen LogP) is 2.60. The number of hydrogen-bond donors (Lipinski definition) is 0. The second-order valence-corrected chi connectivity index (χ2v) is 3.44. The fourth-order valence-electron chi connectivity index (χ4n) is 0.922. The first-order valence-electron chi connectivity index (χ1n) is 3.03. The molecule has 1 heterocycles. The maximum atomic E-state index is 5.72. The van der Waals surface area contributed by atoms with Crippen molar-refractivity contribution in [3.05, 3.63) is 29.8 Å². The molecule has 1 aliphatic rings. The molecule has 58 valence electrons. The molecular formula is C7H4Cl2O2. The molecule has 1 aliphatic heterocycles. The minimum atomic E-state index is -1.35. The molecule has 0 amide bonds. The molecule has 1 aromatic rings. The van der Waals surface area contributed by atoms with Crippen LogP contribution in [0.3, 0.4) is 0 Å². The lowest BCUT2D eigenvalue weighted by Gasteiger charge is -2.06. The van der Waals surface area contributed by atoms with E-state index in [4.69, 9.17) is 28.1 Å². The zero-order chi connectivity index (χ0) is 7.90. The average Bonchev–Trinajstić information content (AvgIpc) is 2.29. The molecule has 0 unspecified atom stereocenters. The van der Waals surface area contributed by atoms with Crippen LogP contribution in [0.4, 0.5) is 0 Å². The van der Waals surface area contributed by atoms with Gasteiger partial charge in [0.2, 0.25) is 0 Å². The third kappa shape index (κ3) is 1.07. The standard InChI is InChI=1S/C7H4Cl2O2/c8-7(9)5-3-1-2-4-6(5)10-11-7/h1-4H. The Morgan fingerprint density at radius 2 is 1.91 bits per heavy atom. The third-order valence-electron chi connectivity index (χ3n) is 1.44. The molecule has 2 nitrogen and oxygen atoms in total. The van der Waals surface area contributed by atoms with Gasteiger partial charge in [0.15, 0.2) is 5.75 Å². The molecule has 0 spiro atoms. The lowest BCUT2D eigenvalue weighted by Crippen LogP contribution is -2.07. The van der Waals surface area contributed by atoms with Gasteiger partial charge in [0.25, 0.3) is 4.52 Å². The summed E-state index contributed by atoms with van der Waals surface area (Å²) in [5.74, 6) is 0.567. The largest absolute Gasteiger partial charge is 0.334 e. The van der Waals surface area contributed by atoms with Crippen LogP contribution in [0.15, 0.2) is 24.3 Å². The van der Waals surface area contributed by atoms with Crippen molar-refractivity contribution in [3.8, 4) is 5.75 Å². The Morgan fingerprint density at radius 3 is 2.64 bits per heavy atom. The molecule has 0 aromatic heterocycles. The van der Waals surface area contributed by atoms with Crippen LogP contribution >= 0.6 is 23.2 Å². The van der Waals surface area contributed by atoms with Crippen LogP contribution in [0.25, 0.3) is 0 Å². The van der Waals surface area contributed by atoms with Gasteiger partial charge in [0.1, 0.15) is 0 Å². The van der Waals surface area contributed by atoms with Gasteiger partial charge in [-0.1, -0.05) is 35.3 Å². The monoisotopic (exact) mass is 190 g/mol. The Hall–Kier alpha value is -0.440. The highest BCUT2D eigenvalue weighted by molar-refractivity contribution is 6.47. The maximum Gasteiger partial charge on any atom is 0.291 e. The van der Waals surface area contributed by atoms with E-state index < -0.39 is 4.52 Å². The zero-order valence-corrected chi connectivity index (χ0v) is 6.89. The predicted molar refractivity (Wildman–Crippen MR) is 41.5 cm³/mol. The van der Waals surface area contributed by atoms with Crippen molar-refractivity contribution >= 4 is 23.2 Å². The normalized spacial score (nSPS) is 19.1. The third-order valence-corrected chi connectivity index (χ3v) is 1.97. The van der Waals surface area contributed by atoms with Crippen molar-refractivity contribution in [2.24, 2.45) is 0 Å². The first-order chi connectivity index (χ1) is 5.20. The van der Waals surface area contributed by atoms with Crippen molar-refractivity contribution in [1.82, 2.24) is 0 Å². The van der Waals surface area contributed by atoms with E-state index in [1.54, 1.807) is 12.1 Å².